The third-order valence-corrected chi connectivity index (χ3v) is 8.33. The Hall–Kier alpha value is -4.07. The van der Waals surface area contributed by atoms with E-state index in [1.165, 1.54) is 13.0 Å². The molecule has 290 valence electrons. The van der Waals surface area contributed by atoms with E-state index in [0.29, 0.717) is 12.5 Å². The molecule has 9 atom stereocenters. The highest BCUT2D eigenvalue weighted by Crippen LogP contribution is 2.29. The fraction of sp³-hybridized carbons (Fsp3) is 0.525. The van der Waals surface area contributed by atoms with Gasteiger partial charge in [-0.1, -0.05) is 106 Å². The van der Waals surface area contributed by atoms with Crippen molar-refractivity contribution in [2.24, 2.45) is 34.2 Å². The summed E-state index contributed by atoms with van der Waals surface area (Å²) in [5.74, 6) is -1.97. The fourth-order valence-electron chi connectivity index (χ4n) is 5.32. The molecule has 12 heteroatoms. The summed E-state index contributed by atoms with van der Waals surface area (Å²) in [5.41, 5.74) is 11.8. The Balaban J connectivity index is 2.90. The number of rotatable bonds is 23. The van der Waals surface area contributed by atoms with E-state index in [0.717, 1.165) is 44.1 Å². The van der Waals surface area contributed by atoms with E-state index >= 15 is 0 Å². The number of aliphatic hydroxyl groups excluding tert-OH is 3. The third-order valence-electron chi connectivity index (χ3n) is 8.33. The molecule has 1 aliphatic rings. The maximum Gasteiger partial charge on any atom is 0.335 e. The minimum absolute atomic E-state index is 0.123. The van der Waals surface area contributed by atoms with Gasteiger partial charge in [0.05, 0.1) is 6.10 Å². The minimum Gasteiger partial charge on any atom is -0.479 e. The summed E-state index contributed by atoms with van der Waals surface area (Å²) in [5, 5.41) is 49.5. The van der Waals surface area contributed by atoms with E-state index in [2.05, 4.69) is 49.2 Å². The number of nitrogens with two attached hydrogens (primary N) is 2. The molecule has 12 nitrogen and oxygen atoms in total. The predicted molar refractivity (Wildman–Crippen MR) is 205 cm³/mol. The average Bonchev–Trinajstić information content (AvgIpc) is 3.08. The van der Waals surface area contributed by atoms with Gasteiger partial charge in [0.1, 0.15) is 18.3 Å². The van der Waals surface area contributed by atoms with Crippen molar-refractivity contribution in [3.63, 3.8) is 0 Å². The Morgan fingerprint density at radius 3 is 2.08 bits per heavy atom. The first-order valence-corrected chi connectivity index (χ1v) is 17.9. The topological polar surface area (TPSA) is 218 Å². The maximum absolute atomic E-state index is 11.7. The normalized spacial score (nSPS) is 24.4. The molecule has 0 aromatic carbocycles. The maximum atomic E-state index is 11.7. The Kier molecular flexibility index (Phi) is 22.8. The minimum atomic E-state index is -1.81. The number of allylic oxidation sites excluding steroid dienone is 13. The molecule has 0 aliphatic carbocycles. The van der Waals surface area contributed by atoms with Crippen LogP contribution < -0.4 is 11.5 Å². The molecule has 1 rings (SSSR count). The summed E-state index contributed by atoms with van der Waals surface area (Å²) in [6.45, 7) is 10.3. The van der Waals surface area contributed by atoms with Gasteiger partial charge < -0.3 is 46.5 Å². The Labute approximate surface area is 309 Å². The number of carboxylic acid groups (broad SMARTS) is 2. The van der Waals surface area contributed by atoms with Crippen molar-refractivity contribution in [2.45, 2.75) is 110 Å². The monoisotopic (exact) mass is 727 g/mol. The average molecular weight is 728 g/mol. The summed E-state index contributed by atoms with van der Waals surface area (Å²) in [7, 11) is 0. The van der Waals surface area contributed by atoms with Gasteiger partial charge in [-0.25, -0.2) is 9.59 Å². The Morgan fingerprint density at radius 2 is 1.44 bits per heavy atom. The van der Waals surface area contributed by atoms with Gasteiger partial charge in [0, 0.05) is 18.0 Å². The molecule has 0 bridgehead atoms. The molecule has 0 saturated carbocycles. The first-order chi connectivity index (χ1) is 24.6. The molecule has 0 aromatic rings. The van der Waals surface area contributed by atoms with Crippen molar-refractivity contribution < 1.29 is 44.6 Å². The van der Waals surface area contributed by atoms with Crippen LogP contribution in [-0.2, 0) is 19.1 Å². The van der Waals surface area contributed by atoms with Gasteiger partial charge in [0.15, 0.2) is 18.4 Å². The highest BCUT2D eigenvalue weighted by atomic mass is 16.7. The molecular weight excluding hydrogens is 666 g/mol. The van der Waals surface area contributed by atoms with Crippen LogP contribution in [-0.4, -0.2) is 86.8 Å². The summed E-state index contributed by atoms with van der Waals surface area (Å²) in [6, 6.07) is 0. The fourth-order valence-corrected chi connectivity index (χ4v) is 5.32. The van der Waals surface area contributed by atoms with E-state index < -0.39 is 48.7 Å². The summed E-state index contributed by atoms with van der Waals surface area (Å²) < 4.78 is 11.6. The molecule has 9 unspecified atom stereocenters. The zero-order valence-corrected chi connectivity index (χ0v) is 31.2. The zero-order chi connectivity index (χ0) is 39.1. The van der Waals surface area contributed by atoms with Crippen molar-refractivity contribution in [1.29, 1.82) is 0 Å². The van der Waals surface area contributed by atoms with Gasteiger partial charge in [-0.05, 0) is 69.8 Å². The number of carbonyl (C=O) groups is 2. The molecule has 0 amide bonds. The highest BCUT2D eigenvalue weighted by molar-refractivity contribution is 5.86. The molecule has 0 aromatic heterocycles. The van der Waals surface area contributed by atoms with Crippen LogP contribution >= 0.6 is 0 Å². The van der Waals surface area contributed by atoms with Crippen LogP contribution in [0.5, 0.6) is 0 Å². The van der Waals surface area contributed by atoms with Crippen molar-refractivity contribution >= 4 is 17.9 Å². The number of guanidine groups is 1. The number of carboxylic acids is 2. The van der Waals surface area contributed by atoms with Gasteiger partial charge in [0.25, 0.3) is 0 Å². The molecule has 52 heavy (non-hydrogen) atoms. The predicted octanol–water partition coefficient (Wildman–Crippen LogP) is 5.10. The largest absolute Gasteiger partial charge is 0.479 e. The molecule has 1 heterocycles. The Morgan fingerprint density at radius 1 is 0.808 bits per heavy atom. The first-order valence-electron chi connectivity index (χ1n) is 17.9. The van der Waals surface area contributed by atoms with Crippen molar-refractivity contribution in [3.8, 4) is 0 Å². The molecule has 0 spiro atoms. The second-order valence-electron chi connectivity index (χ2n) is 13.2. The van der Waals surface area contributed by atoms with E-state index in [9.17, 15) is 30.0 Å². The Bertz CT molecular complexity index is 1360. The van der Waals surface area contributed by atoms with Gasteiger partial charge in [-0.15, -0.1) is 0 Å². The third kappa shape index (κ3) is 19.0. The van der Waals surface area contributed by atoms with Gasteiger partial charge in [0.2, 0.25) is 0 Å². The van der Waals surface area contributed by atoms with Gasteiger partial charge in [-0.2, -0.15) is 0 Å². The van der Waals surface area contributed by atoms with Gasteiger partial charge >= 0.3 is 11.9 Å². The van der Waals surface area contributed by atoms with Crippen LogP contribution in [0, 0.1) is 17.8 Å². The number of unbranched alkanes of at least 4 members (excludes halogenated alkanes) is 2. The van der Waals surface area contributed by atoms with E-state index in [-0.39, 0.29) is 23.4 Å². The number of aliphatic hydroxyl groups is 3. The van der Waals surface area contributed by atoms with E-state index in [4.69, 9.17) is 26.0 Å². The second-order valence-corrected chi connectivity index (χ2v) is 13.2. The van der Waals surface area contributed by atoms with Crippen LogP contribution in [0.2, 0.25) is 0 Å². The zero-order valence-electron chi connectivity index (χ0n) is 31.2. The molecule has 1 aliphatic heterocycles. The number of aliphatic imine (C=N–C) groups is 1. The SMILES string of the molecule is C\C(=C/C=C/C=C/C=C/C=C/C(C)C(OC1OC(C(=O)O)C(O)C(O)C1O)/C(C)=C/C(C)CCC/C=C/C(C)C/C=C/CCCN=C(N)N)C(=O)O. The molecular formula is C40H61N3O9. The number of hydrogen-bond donors (Lipinski definition) is 7. The molecule has 0 radical (unpaired) electrons. The quantitative estimate of drug-likeness (QED) is 0.0183. The summed E-state index contributed by atoms with van der Waals surface area (Å²) in [6.07, 6.45) is 23.2. The lowest BCUT2D eigenvalue weighted by atomic mass is 9.92. The van der Waals surface area contributed by atoms with Crippen LogP contribution in [0.25, 0.3) is 0 Å². The van der Waals surface area contributed by atoms with E-state index in [1.54, 1.807) is 30.4 Å². The second kappa shape index (κ2) is 25.8. The summed E-state index contributed by atoms with van der Waals surface area (Å²) >= 11 is 0. The van der Waals surface area contributed by atoms with Crippen LogP contribution in [0.4, 0.5) is 0 Å². The lowest BCUT2D eigenvalue weighted by Gasteiger charge is -2.40. The van der Waals surface area contributed by atoms with Crippen molar-refractivity contribution in [2.75, 3.05) is 6.54 Å². The van der Waals surface area contributed by atoms with E-state index in [1.807, 2.05) is 32.1 Å². The first kappa shape index (κ1) is 46.0. The number of nitrogens with zero attached hydrogens (tertiary/aromatic N) is 1. The number of ether oxygens (including phenoxy) is 2. The standard InChI is InChI=1S/C40H61N3O9/c1-27(20-14-11-12-19-25-43-40(41)42)21-15-13-16-22-28(2)26-31(5)35(51-39-34(46)32(44)33(45)36(52-39)38(49)50)29(3)23-17-9-7-6-8-10-18-24-30(4)37(47)48/h6-11,14-15,17-18,21,23-24,26-29,32-36,39,44-46H,12-13,16,19-20,22,25H2,1-5H3,(H,47,48)(H,49,50)(H4,41,42,43)/b8-6+,9-7+,14-11+,18-10+,21-15+,23-17+,30-24+,31-26+. The van der Waals surface area contributed by atoms with Crippen molar-refractivity contribution in [1.82, 2.24) is 0 Å². The highest BCUT2D eigenvalue weighted by Gasteiger charge is 2.48. The summed E-state index contributed by atoms with van der Waals surface area (Å²) in [4.78, 5) is 26.5. The van der Waals surface area contributed by atoms with Crippen molar-refractivity contribution in [3.05, 3.63) is 96.2 Å². The van der Waals surface area contributed by atoms with Crippen LogP contribution in [0.3, 0.4) is 0 Å². The molecule has 1 fully saturated rings. The van der Waals surface area contributed by atoms with Crippen LogP contribution in [0.15, 0.2) is 101 Å². The lowest BCUT2D eigenvalue weighted by molar-refractivity contribution is -0.303. The molecule has 9 N–H and O–H groups in total. The lowest BCUT2D eigenvalue weighted by Crippen LogP contribution is -2.61. The smallest absolute Gasteiger partial charge is 0.335 e. The number of aliphatic carboxylic acids is 2. The van der Waals surface area contributed by atoms with Gasteiger partial charge in [-0.3, -0.25) is 4.99 Å². The number of hydrogen-bond acceptors (Lipinski definition) is 8. The van der Waals surface area contributed by atoms with Crippen LogP contribution in [0.1, 0.15) is 73.1 Å². The molecule has 1 saturated heterocycles.